The molecular weight excluding hydrogens is 1440 g/mol. The molecule has 19 unspecified atom stereocenters. The molecule has 38 heteroatoms. The third-order valence-electron chi connectivity index (χ3n) is 19.2. The van der Waals surface area contributed by atoms with Gasteiger partial charge in [-0.3, -0.25) is 67.3 Å². The maximum absolute atomic E-state index is 14.8. The van der Waals surface area contributed by atoms with E-state index in [9.17, 15) is 108 Å². The number of ether oxygens (including phenoxy) is 1. The average molecular weight is 1560 g/mol. The van der Waals surface area contributed by atoms with Gasteiger partial charge in [0.15, 0.2) is 0 Å². The van der Waals surface area contributed by atoms with Crippen LogP contribution in [-0.4, -0.2) is 281 Å². The molecule has 1 aromatic carbocycles. The molecule has 3 heterocycles. The summed E-state index contributed by atoms with van der Waals surface area (Å²) in [6.07, 6.45) is -5.19. The highest BCUT2D eigenvalue weighted by molar-refractivity contribution is 6.00. The van der Waals surface area contributed by atoms with Crippen molar-refractivity contribution >= 4 is 89.1 Å². The summed E-state index contributed by atoms with van der Waals surface area (Å²) in [4.78, 5) is 203. The molecule has 0 saturated carbocycles. The van der Waals surface area contributed by atoms with Crippen molar-refractivity contribution in [2.75, 3.05) is 26.2 Å². The number of aliphatic hydroxyl groups excluding tert-OH is 7. The van der Waals surface area contributed by atoms with Crippen LogP contribution in [0, 0.1) is 5.92 Å². The van der Waals surface area contributed by atoms with Crippen LogP contribution < -0.4 is 64.6 Å². The van der Waals surface area contributed by atoms with Gasteiger partial charge in [0.05, 0.1) is 68.5 Å². The summed E-state index contributed by atoms with van der Waals surface area (Å²) in [6, 6.07) is -14.4. The second-order valence-corrected chi connectivity index (χ2v) is 28.9. The number of phenols is 1. The van der Waals surface area contributed by atoms with E-state index in [2.05, 4.69) is 65.1 Å². The van der Waals surface area contributed by atoms with Gasteiger partial charge < -0.3 is 120 Å². The Hall–Kier alpha value is -9.21. The zero-order chi connectivity index (χ0) is 82.2. The van der Waals surface area contributed by atoms with Crippen molar-refractivity contribution in [2.24, 2.45) is 22.4 Å². The molecule has 38 nitrogen and oxygen atoms in total. The van der Waals surface area contributed by atoms with E-state index < -0.39 is 243 Å². The number of hydrogen-bond acceptors (Lipinski definition) is 24. The fourth-order valence-electron chi connectivity index (χ4n) is 12.9. The first-order valence-corrected chi connectivity index (χ1v) is 37.7. The standard InChI is InChI=1S/C72H117N15O23/c1-9-10-11-12-13-14-15-16-17-18-19-21-46-32-53(97)80-56(39(5)88)66(103)77-38(4)62(99)79-48(30-43-23-25-44(92)26-24-43)63(100)82-55(37(2)3)70(107)87-35-45(93)31-49(87)64(101)83-58(41(7)90)68(105)84-59(42(8)91)71(108)86-29-27-50(94)61(86)69(106)85-60(51(95)33-52(74)96)65(102)76-34-54(98)81-57(40(6)89)67(104)78-47(72(109)110-46)22-20-28-75-36-73/h23-26,36-42,45-51,55-61,88-95H,9-22,27-35H2,1-8H3,(H2,73,75)(H2,74,96)(H,76,102)(H,77,103)(H,78,104)(H,79,99)(H,80,97)(H,81,98)(H,82,100)(H,83,101)(H,84,105)(H,85,106). The van der Waals surface area contributed by atoms with E-state index in [1.807, 2.05) is 0 Å². The highest BCUT2D eigenvalue weighted by Gasteiger charge is 2.48. The van der Waals surface area contributed by atoms with E-state index in [-0.39, 0.29) is 44.4 Å². The number of rotatable bonds is 26. The predicted molar refractivity (Wildman–Crippen MR) is 394 cm³/mol. The van der Waals surface area contributed by atoms with E-state index in [0.29, 0.717) is 23.3 Å². The number of esters is 1. The summed E-state index contributed by atoms with van der Waals surface area (Å²) in [5.74, 6) is -17.2. The molecule has 3 fully saturated rings. The van der Waals surface area contributed by atoms with E-state index in [1.165, 1.54) is 52.0 Å². The van der Waals surface area contributed by atoms with Crippen LogP contribution in [0.25, 0.3) is 0 Å². The molecule has 110 heavy (non-hydrogen) atoms. The fraction of sp³-hybridized carbons (Fsp3) is 0.708. The summed E-state index contributed by atoms with van der Waals surface area (Å²) < 4.78 is 5.98. The molecule has 3 saturated heterocycles. The number of primary amides is 1. The Morgan fingerprint density at radius 1 is 0.573 bits per heavy atom. The molecule has 22 N–H and O–H groups in total. The first-order chi connectivity index (χ1) is 51.9. The van der Waals surface area contributed by atoms with Gasteiger partial charge in [-0.15, -0.1) is 0 Å². The van der Waals surface area contributed by atoms with Gasteiger partial charge in [-0.2, -0.15) is 0 Å². The Kier molecular flexibility index (Phi) is 39.3. The second-order valence-electron chi connectivity index (χ2n) is 28.9. The Morgan fingerprint density at radius 2 is 1.08 bits per heavy atom. The number of nitrogens with two attached hydrogens (primary N) is 2. The van der Waals surface area contributed by atoms with Crippen molar-refractivity contribution < 1.29 is 113 Å². The maximum atomic E-state index is 14.8. The second kappa shape index (κ2) is 46.5. The van der Waals surface area contributed by atoms with Crippen molar-refractivity contribution in [3.63, 3.8) is 0 Å². The maximum Gasteiger partial charge on any atom is 0.328 e. The first-order valence-electron chi connectivity index (χ1n) is 37.7. The van der Waals surface area contributed by atoms with Crippen molar-refractivity contribution in [2.45, 2.75) is 293 Å². The number of aromatic hydroxyl groups is 1. The molecule has 19 atom stereocenters. The summed E-state index contributed by atoms with van der Waals surface area (Å²) in [7, 11) is 0. The molecule has 4 rings (SSSR count). The van der Waals surface area contributed by atoms with Crippen LogP contribution in [0.3, 0.4) is 0 Å². The van der Waals surface area contributed by atoms with Gasteiger partial charge >= 0.3 is 5.97 Å². The molecular formula is C72H117N15O23. The van der Waals surface area contributed by atoms with Gasteiger partial charge in [-0.25, -0.2) is 4.79 Å². The predicted octanol–water partition coefficient (Wildman–Crippen LogP) is -5.44. The number of phenolic OH excluding ortho intramolecular Hbond substituents is 1. The van der Waals surface area contributed by atoms with Crippen LogP contribution in [0.1, 0.15) is 177 Å². The quantitative estimate of drug-likeness (QED) is 0.0178. The number of aliphatic imine (C=N–C) groups is 1. The SMILES string of the molecule is CCCCCCCCCCCCCC1CC(=O)NC(C(C)O)C(=O)NC(C)C(=O)NC(Cc2ccc(O)cc2)C(=O)NC(C(C)C)C(=O)N2CC(O)CC2C(=O)NC(C(C)O)C(=O)NC(C(C)O)C(=O)N2CCC(O)C2C(=O)NC(C(O)CC(N)=O)C(=O)NCC(=O)NC(C(C)O)C(=O)NC(CCCN=CN)C(=O)O1. The highest BCUT2D eigenvalue weighted by Crippen LogP contribution is 2.25. The molecule has 618 valence electrons. The van der Waals surface area contributed by atoms with Gasteiger partial charge in [-0.1, -0.05) is 97.1 Å². The summed E-state index contributed by atoms with van der Waals surface area (Å²) in [5.41, 5.74) is 11.2. The topological polar surface area (TPSA) is 601 Å². The van der Waals surface area contributed by atoms with Gasteiger partial charge in [0, 0.05) is 32.5 Å². The van der Waals surface area contributed by atoms with Crippen LogP contribution in [0.5, 0.6) is 5.75 Å². The highest BCUT2D eigenvalue weighted by atomic mass is 16.5. The molecule has 3 aliphatic rings. The number of aliphatic hydroxyl groups is 7. The van der Waals surface area contributed by atoms with Gasteiger partial charge in [-0.05, 0) is 90.3 Å². The van der Waals surface area contributed by atoms with Crippen LogP contribution in [0.4, 0.5) is 0 Å². The van der Waals surface area contributed by atoms with E-state index >= 15 is 0 Å². The van der Waals surface area contributed by atoms with Crippen molar-refractivity contribution in [3.8, 4) is 5.75 Å². The lowest BCUT2D eigenvalue weighted by molar-refractivity contribution is -0.155. The van der Waals surface area contributed by atoms with E-state index in [4.69, 9.17) is 16.2 Å². The molecule has 13 amide bonds. The minimum atomic E-state index is -2.23. The fourth-order valence-corrected chi connectivity index (χ4v) is 12.9. The Labute approximate surface area is 639 Å². The summed E-state index contributed by atoms with van der Waals surface area (Å²) >= 11 is 0. The Bertz CT molecular complexity index is 3290. The number of unbranched alkanes of at least 4 members (excludes halogenated alkanes) is 10. The zero-order valence-corrected chi connectivity index (χ0v) is 63.9. The number of hydrogen-bond donors (Lipinski definition) is 20. The number of nitrogens with one attached hydrogen (secondary N) is 10. The number of amides is 13. The number of fused-ring (bicyclic) bond motifs is 2. The lowest BCUT2D eigenvalue weighted by atomic mass is 9.99. The van der Waals surface area contributed by atoms with Crippen molar-refractivity contribution in [1.82, 2.24) is 63.0 Å². The molecule has 1 aromatic rings. The van der Waals surface area contributed by atoms with Crippen molar-refractivity contribution in [1.29, 1.82) is 0 Å². The average Bonchev–Trinajstić information content (AvgIpc) is 1.64. The molecule has 0 radical (unpaired) electrons. The van der Waals surface area contributed by atoms with Gasteiger partial charge in [0.25, 0.3) is 0 Å². The lowest BCUT2D eigenvalue weighted by Crippen LogP contribution is -2.64. The smallest absolute Gasteiger partial charge is 0.328 e. The number of carbonyl (C=O) groups excluding carboxylic acids is 14. The van der Waals surface area contributed by atoms with Crippen LogP contribution in [0.15, 0.2) is 29.3 Å². The number of carbonyl (C=O) groups is 14. The first kappa shape index (κ1) is 93.2. The lowest BCUT2D eigenvalue weighted by Gasteiger charge is -2.34. The number of cyclic esters (lactones) is 1. The van der Waals surface area contributed by atoms with Crippen LogP contribution in [0.2, 0.25) is 0 Å². The van der Waals surface area contributed by atoms with E-state index in [1.54, 1.807) is 0 Å². The van der Waals surface area contributed by atoms with Crippen LogP contribution >= 0.6 is 0 Å². The molecule has 0 spiro atoms. The molecule has 0 bridgehead atoms. The Balaban J connectivity index is 1.82. The Morgan fingerprint density at radius 3 is 1.65 bits per heavy atom. The normalized spacial score (nSPS) is 27.9. The number of nitrogens with zero attached hydrogens (tertiary/aromatic N) is 3. The van der Waals surface area contributed by atoms with Crippen molar-refractivity contribution in [3.05, 3.63) is 29.8 Å². The summed E-state index contributed by atoms with van der Waals surface area (Å²) in [6.45, 7) is 8.69. The largest absolute Gasteiger partial charge is 0.508 e. The molecule has 0 aliphatic carbocycles. The number of benzene rings is 1. The monoisotopic (exact) mass is 1560 g/mol. The minimum absolute atomic E-state index is 0.0220. The molecule has 3 aliphatic heterocycles. The minimum Gasteiger partial charge on any atom is -0.508 e. The third-order valence-corrected chi connectivity index (χ3v) is 19.2. The zero-order valence-electron chi connectivity index (χ0n) is 63.9. The summed E-state index contributed by atoms with van der Waals surface area (Å²) in [5, 5.41) is 111. The van der Waals surface area contributed by atoms with Gasteiger partial charge in [0.2, 0.25) is 76.8 Å². The molecule has 0 aromatic heterocycles. The van der Waals surface area contributed by atoms with Gasteiger partial charge in [0.1, 0.15) is 78.3 Å². The van der Waals surface area contributed by atoms with E-state index in [0.717, 1.165) is 89.8 Å². The van der Waals surface area contributed by atoms with Crippen LogP contribution in [-0.2, 0) is 78.3 Å². The third kappa shape index (κ3) is 29.9.